The fourth-order valence-electron chi connectivity index (χ4n) is 2.86. The molecule has 0 aliphatic heterocycles. The van der Waals surface area contributed by atoms with Crippen LogP contribution in [0, 0.1) is 0 Å². The molecule has 0 aromatic carbocycles. The third-order valence-corrected chi connectivity index (χ3v) is 10.5. The van der Waals surface area contributed by atoms with Crippen LogP contribution in [0.15, 0.2) is 30.0 Å². The number of hydrogen-bond acceptors (Lipinski definition) is 1. The first-order valence-electron chi connectivity index (χ1n) is 12.0. The summed E-state index contributed by atoms with van der Waals surface area (Å²) >= 11 is 0. The zero-order valence-electron chi connectivity index (χ0n) is 20.1. The van der Waals surface area contributed by atoms with Crippen LogP contribution < -0.4 is 0 Å². The molecular weight excluding hydrogens is 356 g/mol. The zero-order valence-corrected chi connectivity index (χ0v) is 21.1. The van der Waals surface area contributed by atoms with Gasteiger partial charge < -0.3 is 4.43 Å². The zero-order chi connectivity index (χ0) is 21.1. The van der Waals surface area contributed by atoms with E-state index in [1.165, 1.54) is 70.6 Å². The standard InChI is InChI=1S/C26H50OSi/c1-7-8-9-10-11-12-13-14-15-16-17-18-19-20-21-22-23-24-25-27-28(5,6)26(2,3)4/h18-19,21,23H,7-17,20,24-25H2,1-6H3. The Hall–Kier alpha value is -0.563. The summed E-state index contributed by atoms with van der Waals surface area (Å²) in [7, 11) is -1.59. The first-order valence-corrected chi connectivity index (χ1v) is 14.9. The molecule has 164 valence electrons. The van der Waals surface area contributed by atoms with E-state index in [0.717, 1.165) is 19.4 Å². The van der Waals surface area contributed by atoms with Crippen LogP contribution in [0.3, 0.4) is 0 Å². The van der Waals surface area contributed by atoms with Crippen molar-refractivity contribution in [3.63, 3.8) is 0 Å². The summed E-state index contributed by atoms with van der Waals surface area (Å²) in [5.41, 5.74) is 3.29. The molecule has 0 amide bonds. The summed E-state index contributed by atoms with van der Waals surface area (Å²) in [5, 5.41) is 0.297. The molecule has 0 bridgehead atoms. The lowest BCUT2D eigenvalue weighted by Gasteiger charge is -2.36. The van der Waals surface area contributed by atoms with Gasteiger partial charge in [0.1, 0.15) is 0 Å². The van der Waals surface area contributed by atoms with E-state index in [0.29, 0.717) is 5.04 Å². The van der Waals surface area contributed by atoms with Gasteiger partial charge in [-0.2, -0.15) is 0 Å². The van der Waals surface area contributed by atoms with E-state index in [2.05, 4.69) is 70.8 Å². The molecule has 1 nitrogen and oxygen atoms in total. The van der Waals surface area contributed by atoms with Gasteiger partial charge in [0.25, 0.3) is 0 Å². The van der Waals surface area contributed by atoms with Crippen LogP contribution in [0.2, 0.25) is 18.1 Å². The first kappa shape index (κ1) is 27.4. The van der Waals surface area contributed by atoms with Crippen molar-refractivity contribution < 1.29 is 4.43 Å². The summed E-state index contributed by atoms with van der Waals surface area (Å²) in [6, 6.07) is 0. The van der Waals surface area contributed by atoms with Gasteiger partial charge in [-0.15, -0.1) is 5.73 Å². The summed E-state index contributed by atoms with van der Waals surface area (Å²) in [6.07, 6.45) is 26.2. The molecule has 2 heteroatoms. The summed E-state index contributed by atoms with van der Waals surface area (Å²) in [6.45, 7) is 14.6. The lowest BCUT2D eigenvalue weighted by atomic mass is 10.1. The van der Waals surface area contributed by atoms with Gasteiger partial charge in [-0.3, -0.25) is 0 Å². The normalized spacial score (nSPS) is 12.4. The maximum Gasteiger partial charge on any atom is 0.191 e. The predicted molar refractivity (Wildman–Crippen MR) is 131 cm³/mol. The SMILES string of the molecule is CCCCCCCCCCCCC=CCC=C=CCCO[Si](C)(C)C(C)(C)C. The Bertz CT molecular complexity index is 436. The van der Waals surface area contributed by atoms with Crippen molar-refractivity contribution in [1.29, 1.82) is 0 Å². The molecule has 0 N–H and O–H groups in total. The first-order chi connectivity index (χ1) is 13.3. The maximum absolute atomic E-state index is 6.16. The van der Waals surface area contributed by atoms with E-state index in [1.54, 1.807) is 0 Å². The third-order valence-electron chi connectivity index (χ3n) is 5.91. The molecule has 0 heterocycles. The second-order valence-electron chi connectivity index (χ2n) is 9.65. The highest BCUT2D eigenvalue weighted by Gasteiger charge is 2.36. The van der Waals surface area contributed by atoms with E-state index in [9.17, 15) is 0 Å². The monoisotopic (exact) mass is 406 g/mol. The molecule has 0 aromatic heterocycles. The average Bonchev–Trinajstić information content (AvgIpc) is 2.62. The number of rotatable bonds is 17. The van der Waals surface area contributed by atoms with Crippen molar-refractivity contribution in [3.8, 4) is 0 Å². The van der Waals surface area contributed by atoms with Crippen molar-refractivity contribution >= 4 is 8.32 Å². The van der Waals surface area contributed by atoms with Gasteiger partial charge in [0.05, 0.1) is 0 Å². The van der Waals surface area contributed by atoms with Crippen molar-refractivity contribution in [3.05, 3.63) is 30.0 Å². The average molecular weight is 407 g/mol. The van der Waals surface area contributed by atoms with Gasteiger partial charge in [0.15, 0.2) is 8.32 Å². The topological polar surface area (TPSA) is 9.23 Å². The molecule has 0 rings (SSSR count). The van der Waals surface area contributed by atoms with E-state index in [4.69, 9.17) is 4.43 Å². The molecule has 0 atom stereocenters. The van der Waals surface area contributed by atoms with E-state index in [1.807, 2.05) is 0 Å². The van der Waals surface area contributed by atoms with Crippen LogP contribution in [-0.4, -0.2) is 14.9 Å². The third kappa shape index (κ3) is 16.4. The van der Waals surface area contributed by atoms with Crippen LogP contribution in [-0.2, 0) is 4.43 Å². The molecule has 0 saturated carbocycles. The predicted octanol–water partition coefficient (Wildman–Crippen LogP) is 9.37. The molecule has 0 aliphatic rings. The Morgan fingerprint density at radius 2 is 1.32 bits per heavy atom. The highest BCUT2D eigenvalue weighted by molar-refractivity contribution is 6.74. The fraction of sp³-hybridized carbons (Fsp3) is 0.808. The Morgan fingerprint density at radius 1 is 0.750 bits per heavy atom. The molecule has 0 aromatic rings. The van der Waals surface area contributed by atoms with E-state index in [-0.39, 0.29) is 0 Å². The summed E-state index contributed by atoms with van der Waals surface area (Å²) in [5.74, 6) is 0. The van der Waals surface area contributed by atoms with Crippen molar-refractivity contribution in [1.82, 2.24) is 0 Å². The smallest absolute Gasteiger partial charge is 0.191 e. The van der Waals surface area contributed by atoms with Gasteiger partial charge in [0, 0.05) is 6.61 Å². The second kappa shape index (κ2) is 17.3. The van der Waals surface area contributed by atoms with Gasteiger partial charge >= 0.3 is 0 Å². The number of allylic oxidation sites excluding steroid dienone is 2. The lowest BCUT2D eigenvalue weighted by molar-refractivity contribution is 0.294. The molecule has 28 heavy (non-hydrogen) atoms. The Labute approximate surface area is 178 Å². The minimum atomic E-state index is -1.59. The van der Waals surface area contributed by atoms with Crippen LogP contribution in [0.4, 0.5) is 0 Å². The van der Waals surface area contributed by atoms with Crippen molar-refractivity contribution in [2.45, 2.75) is 129 Å². The minimum absolute atomic E-state index is 0.297. The van der Waals surface area contributed by atoms with Crippen molar-refractivity contribution in [2.24, 2.45) is 0 Å². The van der Waals surface area contributed by atoms with Gasteiger partial charge in [-0.1, -0.05) is 97.6 Å². The lowest BCUT2D eigenvalue weighted by Crippen LogP contribution is -2.40. The molecule has 0 spiro atoms. The summed E-state index contributed by atoms with van der Waals surface area (Å²) < 4.78 is 6.16. The maximum atomic E-state index is 6.16. The molecule has 0 radical (unpaired) electrons. The highest BCUT2D eigenvalue weighted by atomic mass is 28.4. The number of unbranched alkanes of at least 4 members (excludes halogenated alkanes) is 10. The van der Waals surface area contributed by atoms with E-state index >= 15 is 0 Å². The Kier molecular flexibility index (Phi) is 17.0. The molecular formula is C26H50OSi. The molecule has 0 saturated heterocycles. The largest absolute Gasteiger partial charge is 0.416 e. The minimum Gasteiger partial charge on any atom is -0.416 e. The van der Waals surface area contributed by atoms with Crippen LogP contribution in [0.5, 0.6) is 0 Å². The van der Waals surface area contributed by atoms with Gasteiger partial charge in [-0.25, -0.2) is 0 Å². The van der Waals surface area contributed by atoms with Gasteiger partial charge in [-0.05, 0) is 56.0 Å². The Morgan fingerprint density at radius 3 is 1.89 bits per heavy atom. The fourth-order valence-corrected chi connectivity index (χ4v) is 3.92. The van der Waals surface area contributed by atoms with Gasteiger partial charge in [0.2, 0.25) is 0 Å². The highest BCUT2D eigenvalue weighted by Crippen LogP contribution is 2.36. The van der Waals surface area contributed by atoms with Crippen LogP contribution >= 0.6 is 0 Å². The van der Waals surface area contributed by atoms with E-state index < -0.39 is 8.32 Å². The second-order valence-corrected chi connectivity index (χ2v) is 14.5. The Balaban J connectivity index is 3.51. The molecule has 0 fully saturated rings. The van der Waals surface area contributed by atoms with Crippen molar-refractivity contribution in [2.75, 3.05) is 6.61 Å². The quantitative estimate of drug-likeness (QED) is 0.101. The van der Waals surface area contributed by atoms with Crippen LogP contribution in [0.25, 0.3) is 0 Å². The number of hydrogen-bond donors (Lipinski definition) is 0. The molecule has 0 aliphatic carbocycles. The molecule has 0 unspecified atom stereocenters. The summed E-state index contributed by atoms with van der Waals surface area (Å²) in [4.78, 5) is 0. The van der Waals surface area contributed by atoms with Crippen LogP contribution in [0.1, 0.15) is 111 Å².